The number of H-pyrrole nitrogens is 1. The second kappa shape index (κ2) is 5.77. The van der Waals surface area contributed by atoms with Crippen molar-refractivity contribution in [3.8, 4) is 0 Å². The van der Waals surface area contributed by atoms with Crippen molar-refractivity contribution >= 4 is 11.0 Å². The molecule has 4 heterocycles. The Morgan fingerprint density at radius 2 is 2.13 bits per heavy atom. The van der Waals surface area contributed by atoms with Gasteiger partial charge in [-0.3, -0.25) is 4.90 Å². The van der Waals surface area contributed by atoms with E-state index in [9.17, 15) is 0 Å². The predicted molar refractivity (Wildman–Crippen MR) is 89.1 cm³/mol. The van der Waals surface area contributed by atoms with Gasteiger partial charge in [-0.2, -0.15) is 0 Å². The lowest BCUT2D eigenvalue weighted by Gasteiger charge is -2.35. The summed E-state index contributed by atoms with van der Waals surface area (Å²) in [5.74, 6) is 1.65. The Morgan fingerprint density at radius 3 is 2.87 bits per heavy atom. The van der Waals surface area contributed by atoms with Crippen molar-refractivity contribution in [3.63, 3.8) is 0 Å². The van der Waals surface area contributed by atoms with Crippen LogP contribution < -0.4 is 0 Å². The molecule has 3 aromatic heterocycles. The van der Waals surface area contributed by atoms with Gasteiger partial charge >= 0.3 is 0 Å². The molecule has 1 aliphatic rings. The SMILES string of the molecule is CC(c1nncn1C)N1CCC(c2c[nH]c3ncccc23)CC1. The molecule has 0 radical (unpaired) electrons. The molecule has 0 aromatic carbocycles. The monoisotopic (exact) mass is 310 g/mol. The summed E-state index contributed by atoms with van der Waals surface area (Å²) in [6.07, 6.45) is 8.10. The van der Waals surface area contributed by atoms with Gasteiger partial charge in [-0.1, -0.05) is 0 Å². The minimum atomic E-state index is 0.313. The Balaban J connectivity index is 1.48. The van der Waals surface area contributed by atoms with E-state index in [-0.39, 0.29) is 0 Å². The fourth-order valence-corrected chi connectivity index (χ4v) is 3.75. The maximum Gasteiger partial charge on any atom is 0.149 e. The molecular weight excluding hydrogens is 288 g/mol. The molecule has 6 nitrogen and oxygen atoms in total. The summed E-state index contributed by atoms with van der Waals surface area (Å²) in [4.78, 5) is 10.2. The summed E-state index contributed by atoms with van der Waals surface area (Å²) in [6.45, 7) is 4.40. The first kappa shape index (κ1) is 14.4. The van der Waals surface area contributed by atoms with Gasteiger partial charge in [0.1, 0.15) is 17.8 Å². The lowest BCUT2D eigenvalue weighted by Crippen LogP contribution is -2.36. The van der Waals surface area contributed by atoms with E-state index >= 15 is 0 Å². The molecule has 3 aromatic rings. The second-order valence-electron chi connectivity index (χ2n) is 6.43. The third kappa shape index (κ3) is 2.53. The zero-order valence-corrected chi connectivity index (χ0v) is 13.6. The van der Waals surface area contributed by atoms with Gasteiger partial charge in [0.2, 0.25) is 0 Å². The van der Waals surface area contributed by atoms with Crippen LogP contribution in [0.1, 0.15) is 43.1 Å². The van der Waals surface area contributed by atoms with Gasteiger partial charge in [0, 0.05) is 24.8 Å². The van der Waals surface area contributed by atoms with Gasteiger partial charge in [0.15, 0.2) is 0 Å². The average molecular weight is 310 g/mol. The van der Waals surface area contributed by atoms with Gasteiger partial charge in [-0.15, -0.1) is 10.2 Å². The summed E-state index contributed by atoms with van der Waals surface area (Å²) in [6, 6.07) is 4.50. The number of likely N-dealkylation sites (tertiary alicyclic amines) is 1. The maximum atomic E-state index is 4.40. The fourth-order valence-electron chi connectivity index (χ4n) is 3.75. The first-order chi connectivity index (χ1) is 11.2. The third-order valence-corrected chi connectivity index (χ3v) is 5.12. The Hall–Kier alpha value is -2.21. The highest BCUT2D eigenvalue weighted by molar-refractivity contribution is 5.80. The maximum absolute atomic E-state index is 4.40. The minimum Gasteiger partial charge on any atom is -0.346 e. The normalized spacial score (nSPS) is 18.5. The first-order valence-electron chi connectivity index (χ1n) is 8.24. The molecule has 23 heavy (non-hydrogen) atoms. The number of rotatable bonds is 3. The third-order valence-electron chi connectivity index (χ3n) is 5.12. The van der Waals surface area contributed by atoms with Crippen LogP contribution in [0.3, 0.4) is 0 Å². The van der Waals surface area contributed by atoms with Gasteiger partial charge in [0.25, 0.3) is 0 Å². The molecule has 120 valence electrons. The van der Waals surface area contributed by atoms with Crippen LogP contribution in [-0.4, -0.2) is 42.7 Å². The van der Waals surface area contributed by atoms with E-state index < -0.39 is 0 Å². The van der Waals surface area contributed by atoms with E-state index in [0.717, 1.165) is 24.6 Å². The molecule has 1 N–H and O–H groups in total. The lowest BCUT2D eigenvalue weighted by atomic mass is 9.89. The lowest BCUT2D eigenvalue weighted by molar-refractivity contribution is 0.155. The molecule has 1 atom stereocenters. The molecular formula is C17H22N6. The van der Waals surface area contributed by atoms with Crippen molar-refractivity contribution in [3.05, 3.63) is 42.2 Å². The van der Waals surface area contributed by atoms with Crippen molar-refractivity contribution in [2.24, 2.45) is 7.05 Å². The van der Waals surface area contributed by atoms with Crippen LogP contribution in [-0.2, 0) is 7.05 Å². The summed E-state index contributed by atoms with van der Waals surface area (Å²) in [7, 11) is 2.01. The second-order valence-corrected chi connectivity index (χ2v) is 6.43. The van der Waals surface area contributed by atoms with Gasteiger partial charge < -0.3 is 9.55 Å². The molecule has 0 amide bonds. The molecule has 1 aliphatic heterocycles. The first-order valence-corrected chi connectivity index (χ1v) is 8.24. The number of fused-ring (bicyclic) bond motifs is 1. The molecule has 1 fully saturated rings. The highest BCUT2D eigenvalue weighted by atomic mass is 15.3. The van der Waals surface area contributed by atoms with E-state index in [0.29, 0.717) is 12.0 Å². The predicted octanol–water partition coefficient (Wildman–Crippen LogP) is 2.63. The van der Waals surface area contributed by atoms with Crippen LogP contribution in [0.5, 0.6) is 0 Å². The minimum absolute atomic E-state index is 0.313. The molecule has 1 unspecified atom stereocenters. The number of hydrogen-bond donors (Lipinski definition) is 1. The van der Waals surface area contributed by atoms with Crippen LogP contribution in [0.25, 0.3) is 11.0 Å². The quantitative estimate of drug-likeness (QED) is 0.808. The average Bonchev–Trinajstić information content (AvgIpc) is 3.20. The Morgan fingerprint density at radius 1 is 1.30 bits per heavy atom. The van der Waals surface area contributed by atoms with E-state index in [2.05, 4.69) is 44.3 Å². The molecule has 6 heteroatoms. The summed E-state index contributed by atoms with van der Waals surface area (Å²) >= 11 is 0. The van der Waals surface area contributed by atoms with Crippen molar-refractivity contribution in [1.29, 1.82) is 0 Å². The van der Waals surface area contributed by atoms with E-state index in [4.69, 9.17) is 0 Å². The highest BCUT2D eigenvalue weighted by Gasteiger charge is 2.27. The van der Waals surface area contributed by atoms with Crippen LogP contribution in [0.2, 0.25) is 0 Å². The Bertz CT molecular complexity index is 796. The topological polar surface area (TPSA) is 62.6 Å². The van der Waals surface area contributed by atoms with Gasteiger partial charge in [-0.05, 0) is 56.5 Å². The van der Waals surface area contributed by atoms with Crippen LogP contribution in [0.4, 0.5) is 0 Å². The summed E-state index contributed by atoms with van der Waals surface area (Å²) in [5, 5.41) is 9.53. The van der Waals surface area contributed by atoms with Gasteiger partial charge in [0.05, 0.1) is 6.04 Å². The number of piperidine rings is 1. The zero-order chi connectivity index (χ0) is 15.8. The number of pyridine rings is 1. The molecule has 0 aliphatic carbocycles. The molecule has 4 rings (SSSR count). The zero-order valence-electron chi connectivity index (χ0n) is 13.6. The number of aryl methyl sites for hydroxylation is 1. The number of hydrogen-bond acceptors (Lipinski definition) is 4. The summed E-state index contributed by atoms with van der Waals surface area (Å²) in [5.41, 5.74) is 2.41. The van der Waals surface area contributed by atoms with Gasteiger partial charge in [-0.25, -0.2) is 4.98 Å². The van der Waals surface area contributed by atoms with Crippen molar-refractivity contribution < 1.29 is 0 Å². The largest absolute Gasteiger partial charge is 0.346 e. The fraction of sp³-hybridized carbons (Fsp3) is 0.471. The molecule has 0 bridgehead atoms. The number of aromatic nitrogens is 5. The van der Waals surface area contributed by atoms with Crippen LogP contribution in [0, 0.1) is 0 Å². The smallest absolute Gasteiger partial charge is 0.149 e. The van der Waals surface area contributed by atoms with Crippen molar-refractivity contribution in [1.82, 2.24) is 29.6 Å². The Kier molecular flexibility index (Phi) is 3.61. The Labute approximate surface area is 135 Å². The van der Waals surface area contributed by atoms with Crippen molar-refractivity contribution in [2.75, 3.05) is 13.1 Å². The molecule has 0 spiro atoms. The van der Waals surface area contributed by atoms with E-state index in [1.165, 1.54) is 23.8 Å². The van der Waals surface area contributed by atoms with Crippen LogP contribution >= 0.6 is 0 Å². The number of aromatic amines is 1. The van der Waals surface area contributed by atoms with E-state index in [1.807, 2.05) is 23.9 Å². The number of nitrogens with one attached hydrogen (secondary N) is 1. The standard InChI is InChI=1S/C17H22N6/c1-12(17-21-20-11-22(17)2)23-8-5-13(6-9-23)15-10-19-16-14(15)4-3-7-18-16/h3-4,7,10-13H,5-6,8-9H2,1-2H3,(H,18,19). The molecule has 0 saturated carbocycles. The van der Waals surface area contributed by atoms with Crippen molar-refractivity contribution in [2.45, 2.75) is 31.7 Å². The van der Waals surface area contributed by atoms with Crippen LogP contribution in [0.15, 0.2) is 30.9 Å². The molecule has 1 saturated heterocycles. The van der Waals surface area contributed by atoms with E-state index in [1.54, 1.807) is 6.33 Å². The number of nitrogens with zero attached hydrogens (tertiary/aromatic N) is 5. The summed E-state index contributed by atoms with van der Waals surface area (Å²) < 4.78 is 2.02. The highest BCUT2D eigenvalue weighted by Crippen LogP contribution is 2.34.